The molecule has 0 bridgehead atoms. The van der Waals surface area contributed by atoms with Crippen LogP contribution in [0.2, 0.25) is 0 Å². The first-order valence-corrected chi connectivity index (χ1v) is 6.99. The van der Waals surface area contributed by atoms with Gasteiger partial charge in [-0.05, 0) is 38.5 Å². The van der Waals surface area contributed by atoms with Gasteiger partial charge in [0.05, 0.1) is 6.61 Å². The van der Waals surface area contributed by atoms with Crippen molar-refractivity contribution in [2.24, 2.45) is 11.8 Å². The maximum Gasteiger partial charge on any atom is 0.0622 e. The molecule has 0 aromatic carbocycles. The van der Waals surface area contributed by atoms with E-state index in [0.717, 1.165) is 19.1 Å². The lowest BCUT2D eigenvalue weighted by atomic mass is 9.96. The van der Waals surface area contributed by atoms with E-state index < -0.39 is 0 Å². The molecule has 0 heterocycles. The molecular weight excluding hydrogens is 198 g/mol. The molecule has 1 aliphatic carbocycles. The van der Waals surface area contributed by atoms with Gasteiger partial charge in [0.2, 0.25) is 0 Å². The summed E-state index contributed by atoms with van der Waals surface area (Å²) in [6.07, 6.45) is 5.67. The van der Waals surface area contributed by atoms with Crippen LogP contribution in [0, 0.1) is 11.8 Å². The number of ether oxygens (including phenoxy) is 1. The SMILES string of the molecule is CCOCC(NC(C)C1CCCC1)C(C)C. The van der Waals surface area contributed by atoms with Gasteiger partial charge in [0.25, 0.3) is 0 Å². The summed E-state index contributed by atoms with van der Waals surface area (Å²) in [5.74, 6) is 1.54. The Morgan fingerprint density at radius 3 is 2.31 bits per heavy atom. The van der Waals surface area contributed by atoms with E-state index in [4.69, 9.17) is 4.74 Å². The molecule has 1 N–H and O–H groups in total. The van der Waals surface area contributed by atoms with Crippen molar-refractivity contribution in [3.05, 3.63) is 0 Å². The molecule has 96 valence electrons. The van der Waals surface area contributed by atoms with Crippen molar-refractivity contribution in [1.82, 2.24) is 5.32 Å². The summed E-state index contributed by atoms with van der Waals surface area (Å²) < 4.78 is 5.56. The maximum atomic E-state index is 5.56. The van der Waals surface area contributed by atoms with E-state index >= 15 is 0 Å². The topological polar surface area (TPSA) is 21.3 Å². The first-order valence-electron chi connectivity index (χ1n) is 6.99. The van der Waals surface area contributed by atoms with Crippen LogP contribution in [0.15, 0.2) is 0 Å². The Morgan fingerprint density at radius 1 is 1.19 bits per heavy atom. The number of nitrogens with one attached hydrogen (secondary N) is 1. The molecule has 2 atom stereocenters. The predicted molar refractivity (Wildman–Crippen MR) is 69.7 cm³/mol. The Hall–Kier alpha value is -0.0800. The van der Waals surface area contributed by atoms with Gasteiger partial charge in [0.1, 0.15) is 0 Å². The fourth-order valence-corrected chi connectivity index (χ4v) is 2.61. The Kier molecular flexibility index (Phi) is 6.37. The van der Waals surface area contributed by atoms with Crippen molar-refractivity contribution < 1.29 is 4.74 Å². The van der Waals surface area contributed by atoms with E-state index in [0.29, 0.717) is 18.0 Å². The van der Waals surface area contributed by atoms with Crippen LogP contribution in [0.5, 0.6) is 0 Å². The van der Waals surface area contributed by atoms with Crippen LogP contribution in [0.1, 0.15) is 53.4 Å². The van der Waals surface area contributed by atoms with Crippen molar-refractivity contribution in [3.63, 3.8) is 0 Å². The fraction of sp³-hybridized carbons (Fsp3) is 1.00. The van der Waals surface area contributed by atoms with E-state index in [2.05, 4.69) is 33.0 Å². The van der Waals surface area contributed by atoms with Gasteiger partial charge in [-0.3, -0.25) is 0 Å². The monoisotopic (exact) mass is 227 g/mol. The molecule has 2 unspecified atom stereocenters. The zero-order valence-corrected chi connectivity index (χ0v) is 11.5. The molecule has 16 heavy (non-hydrogen) atoms. The van der Waals surface area contributed by atoms with E-state index in [1.165, 1.54) is 25.7 Å². The van der Waals surface area contributed by atoms with Crippen molar-refractivity contribution in [1.29, 1.82) is 0 Å². The molecule has 2 heteroatoms. The molecular formula is C14H29NO. The Morgan fingerprint density at radius 2 is 1.81 bits per heavy atom. The zero-order chi connectivity index (χ0) is 12.0. The Balaban J connectivity index is 2.34. The van der Waals surface area contributed by atoms with E-state index in [1.807, 2.05) is 0 Å². The number of hydrogen-bond donors (Lipinski definition) is 1. The molecule has 0 amide bonds. The Bertz CT molecular complexity index is 176. The highest BCUT2D eigenvalue weighted by Crippen LogP contribution is 2.28. The lowest BCUT2D eigenvalue weighted by Gasteiger charge is -2.29. The van der Waals surface area contributed by atoms with Gasteiger partial charge in [-0.1, -0.05) is 26.7 Å². The van der Waals surface area contributed by atoms with Gasteiger partial charge in [-0.2, -0.15) is 0 Å². The summed E-state index contributed by atoms with van der Waals surface area (Å²) in [6, 6.07) is 1.16. The minimum atomic E-state index is 0.510. The van der Waals surface area contributed by atoms with Crippen molar-refractivity contribution in [2.45, 2.75) is 65.5 Å². The highest BCUT2D eigenvalue weighted by atomic mass is 16.5. The number of hydrogen-bond acceptors (Lipinski definition) is 2. The molecule has 0 saturated heterocycles. The van der Waals surface area contributed by atoms with E-state index in [-0.39, 0.29) is 0 Å². The molecule has 1 fully saturated rings. The van der Waals surface area contributed by atoms with Crippen LogP contribution in [0.4, 0.5) is 0 Å². The quantitative estimate of drug-likeness (QED) is 0.721. The van der Waals surface area contributed by atoms with Crippen LogP contribution in [0.25, 0.3) is 0 Å². The standard InChI is InChI=1S/C14H29NO/c1-5-16-10-14(11(2)3)15-12(4)13-8-6-7-9-13/h11-15H,5-10H2,1-4H3. The molecule has 0 aliphatic heterocycles. The van der Waals surface area contributed by atoms with E-state index in [1.54, 1.807) is 0 Å². The van der Waals surface area contributed by atoms with Gasteiger partial charge in [-0.15, -0.1) is 0 Å². The number of rotatable bonds is 7. The van der Waals surface area contributed by atoms with Gasteiger partial charge >= 0.3 is 0 Å². The van der Waals surface area contributed by atoms with Crippen molar-refractivity contribution >= 4 is 0 Å². The first-order chi connectivity index (χ1) is 7.65. The van der Waals surface area contributed by atoms with Crippen molar-refractivity contribution in [2.75, 3.05) is 13.2 Å². The second kappa shape index (κ2) is 7.29. The van der Waals surface area contributed by atoms with Gasteiger partial charge in [0.15, 0.2) is 0 Å². The van der Waals surface area contributed by atoms with Crippen LogP contribution in [-0.4, -0.2) is 25.3 Å². The molecule has 1 saturated carbocycles. The van der Waals surface area contributed by atoms with Crippen LogP contribution >= 0.6 is 0 Å². The lowest BCUT2D eigenvalue weighted by Crippen LogP contribution is -2.45. The van der Waals surface area contributed by atoms with Crippen LogP contribution in [0.3, 0.4) is 0 Å². The molecule has 0 radical (unpaired) electrons. The maximum absolute atomic E-state index is 5.56. The van der Waals surface area contributed by atoms with Gasteiger partial charge < -0.3 is 10.1 Å². The van der Waals surface area contributed by atoms with E-state index in [9.17, 15) is 0 Å². The fourth-order valence-electron chi connectivity index (χ4n) is 2.61. The summed E-state index contributed by atoms with van der Waals surface area (Å²) in [7, 11) is 0. The molecule has 0 aromatic heterocycles. The van der Waals surface area contributed by atoms with Crippen LogP contribution < -0.4 is 5.32 Å². The third-order valence-corrected chi connectivity index (χ3v) is 3.89. The minimum absolute atomic E-state index is 0.510. The summed E-state index contributed by atoms with van der Waals surface area (Å²) in [6.45, 7) is 10.6. The summed E-state index contributed by atoms with van der Waals surface area (Å²) in [5.41, 5.74) is 0. The third-order valence-electron chi connectivity index (χ3n) is 3.89. The second-order valence-corrected chi connectivity index (χ2v) is 5.51. The van der Waals surface area contributed by atoms with Gasteiger partial charge in [-0.25, -0.2) is 0 Å². The summed E-state index contributed by atoms with van der Waals surface area (Å²) >= 11 is 0. The molecule has 0 spiro atoms. The second-order valence-electron chi connectivity index (χ2n) is 5.51. The average molecular weight is 227 g/mol. The smallest absolute Gasteiger partial charge is 0.0622 e. The molecule has 1 aliphatic rings. The van der Waals surface area contributed by atoms with Crippen LogP contribution in [-0.2, 0) is 4.74 Å². The highest BCUT2D eigenvalue weighted by molar-refractivity contribution is 4.81. The largest absolute Gasteiger partial charge is 0.380 e. The minimum Gasteiger partial charge on any atom is -0.380 e. The molecule has 0 aromatic rings. The first kappa shape index (κ1) is 14.0. The lowest BCUT2D eigenvalue weighted by molar-refractivity contribution is 0.100. The van der Waals surface area contributed by atoms with Gasteiger partial charge in [0, 0.05) is 18.7 Å². The summed E-state index contributed by atoms with van der Waals surface area (Å²) in [5, 5.41) is 3.77. The highest BCUT2D eigenvalue weighted by Gasteiger charge is 2.24. The normalized spacial score (nSPS) is 21.6. The van der Waals surface area contributed by atoms with Crippen molar-refractivity contribution in [3.8, 4) is 0 Å². The average Bonchev–Trinajstić information content (AvgIpc) is 2.76. The summed E-state index contributed by atoms with van der Waals surface area (Å²) in [4.78, 5) is 0. The Labute approximate surface area is 101 Å². The predicted octanol–water partition coefficient (Wildman–Crippen LogP) is 3.22. The third kappa shape index (κ3) is 4.42. The zero-order valence-electron chi connectivity index (χ0n) is 11.5. The molecule has 1 rings (SSSR count). The molecule has 2 nitrogen and oxygen atoms in total.